The van der Waals surface area contributed by atoms with Crippen LogP contribution in [0.15, 0.2) is 42.5 Å². The molecule has 2 aromatic carbocycles. The number of anilines is 1. The van der Waals surface area contributed by atoms with Gasteiger partial charge in [-0.05, 0) is 36.8 Å². The lowest BCUT2D eigenvalue weighted by atomic mass is 9.89. The average Bonchev–Trinajstić information content (AvgIpc) is 2.55. The van der Waals surface area contributed by atoms with Gasteiger partial charge in [0.1, 0.15) is 5.75 Å². The van der Waals surface area contributed by atoms with Crippen LogP contribution in [-0.4, -0.2) is 24.6 Å². The minimum atomic E-state index is -1.31. The summed E-state index contributed by atoms with van der Waals surface area (Å²) < 4.78 is 10.6. The van der Waals surface area contributed by atoms with Gasteiger partial charge in [0.2, 0.25) is 0 Å². The molecule has 1 aliphatic heterocycles. The van der Waals surface area contributed by atoms with Crippen LogP contribution in [0.3, 0.4) is 0 Å². The summed E-state index contributed by atoms with van der Waals surface area (Å²) in [6, 6.07) is 12.0. The van der Waals surface area contributed by atoms with E-state index in [-0.39, 0.29) is 0 Å². The van der Waals surface area contributed by atoms with E-state index < -0.39 is 17.5 Å². The van der Waals surface area contributed by atoms with E-state index >= 15 is 0 Å². The van der Waals surface area contributed by atoms with Gasteiger partial charge in [0.05, 0.1) is 18.4 Å². The van der Waals surface area contributed by atoms with Crippen LogP contribution in [0, 0.1) is 0 Å². The zero-order chi connectivity index (χ0) is 17.3. The van der Waals surface area contributed by atoms with E-state index in [1.165, 1.54) is 7.11 Å². The Morgan fingerprint density at radius 1 is 1.29 bits per heavy atom. The number of methoxy groups -OCH3 is 1. The summed E-state index contributed by atoms with van der Waals surface area (Å²) in [6.45, 7) is 1.59. The molecule has 0 spiro atoms. The zero-order valence-corrected chi connectivity index (χ0v) is 14.0. The van der Waals surface area contributed by atoms with E-state index in [0.29, 0.717) is 28.4 Å². The highest BCUT2D eigenvalue weighted by Gasteiger charge is 2.42. The minimum absolute atomic E-state index is 0.295. The van der Waals surface area contributed by atoms with Crippen LogP contribution in [0.5, 0.6) is 5.75 Å². The number of fused-ring (bicyclic) bond motifs is 1. The molecule has 0 fully saturated rings. The van der Waals surface area contributed by atoms with Crippen molar-refractivity contribution in [1.82, 2.24) is 0 Å². The van der Waals surface area contributed by atoms with Crippen molar-refractivity contribution in [3.63, 3.8) is 0 Å². The molecule has 0 aromatic heterocycles. The number of cyclic esters (lactones) is 1. The third kappa shape index (κ3) is 2.95. The Balaban J connectivity index is 1.88. The molecule has 2 aromatic rings. The molecule has 0 saturated carbocycles. The van der Waals surface area contributed by atoms with Crippen LogP contribution in [0.1, 0.15) is 22.8 Å². The highest BCUT2D eigenvalue weighted by Crippen LogP contribution is 2.32. The van der Waals surface area contributed by atoms with E-state index in [9.17, 15) is 9.59 Å². The first-order valence-corrected chi connectivity index (χ1v) is 7.77. The molecule has 0 saturated heterocycles. The largest absolute Gasteiger partial charge is 0.495 e. The van der Waals surface area contributed by atoms with E-state index in [1.54, 1.807) is 37.3 Å². The molecule has 5 nitrogen and oxygen atoms in total. The van der Waals surface area contributed by atoms with Gasteiger partial charge in [-0.1, -0.05) is 29.8 Å². The number of benzene rings is 2. The molecule has 6 heteroatoms. The number of hydrogen-bond acceptors (Lipinski definition) is 4. The Morgan fingerprint density at radius 2 is 2.04 bits per heavy atom. The maximum atomic E-state index is 12.7. The van der Waals surface area contributed by atoms with Crippen molar-refractivity contribution in [2.45, 2.75) is 18.9 Å². The monoisotopic (exact) mass is 345 g/mol. The van der Waals surface area contributed by atoms with Crippen LogP contribution in [0.25, 0.3) is 0 Å². The molecular weight excluding hydrogens is 330 g/mol. The fraction of sp³-hybridized carbons (Fsp3) is 0.222. The highest BCUT2D eigenvalue weighted by atomic mass is 35.5. The maximum absolute atomic E-state index is 12.7. The quantitative estimate of drug-likeness (QED) is 0.865. The molecule has 0 radical (unpaired) electrons. The van der Waals surface area contributed by atoms with Gasteiger partial charge in [-0.3, -0.25) is 4.79 Å². The number of esters is 1. The Labute approximate surface area is 144 Å². The Bertz CT molecular complexity index is 820. The van der Waals surface area contributed by atoms with E-state index in [1.807, 2.05) is 12.1 Å². The average molecular weight is 346 g/mol. The smallest absolute Gasteiger partial charge is 0.339 e. The van der Waals surface area contributed by atoms with Crippen molar-refractivity contribution >= 4 is 29.2 Å². The summed E-state index contributed by atoms with van der Waals surface area (Å²) in [5.74, 6) is -0.475. The molecule has 1 N–H and O–H groups in total. The molecular formula is C18H16ClNO4. The molecule has 24 heavy (non-hydrogen) atoms. The maximum Gasteiger partial charge on any atom is 0.339 e. The first-order valence-electron chi connectivity index (χ1n) is 7.39. The van der Waals surface area contributed by atoms with Crippen LogP contribution in [0.4, 0.5) is 5.69 Å². The van der Waals surface area contributed by atoms with E-state index in [0.717, 1.165) is 5.56 Å². The van der Waals surface area contributed by atoms with Crippen LogP contribution >= 0.6 is 11.6 Å². The molecule has 0 aliphatic carbocycles. The number of ether oxygens (including phenoxy) is 2. The Kier molecular flexibility index (Phi) is 4.20. The first kappa shape index (κ1) is 16.3. The summed E-state index contributed by atoms with van der Waals surface area (Å²) in [4.78, 5) is 24.9. The highest BCUT2D eigenvalue weighted by molar-refractivity contribution is 6.31. The van der Waals surface area contributed by atoms with Crippen LogP contribution < -0.4 is 10.1 Å². The number of amides is 1. The second kappa shape index (κ2) is 6.17. The second-order valence-corrected chi connectivity index (χ2v) is 6.19. The predicted molar refractivity (Wildman–Crippen MR) is 90.6 cm³/mol. The normalized spacial score (nSPS) is 19.2. The third-order valence-corrected chi connectivity index (χ3v) is 4.21. The molecule has 1 atom stereocenters. The Hall–Kier alpha value is -2.53. The van der Waals surface area contributed by atoms with Gasteiger partial charge in [0.25, 0.3) is 5.91 Å². The van der Waals surface area contributed by atoms with Crippen molar-refractivity contribution in [2.75, 3.05) is 12.4 Å². The van der Waals surface area contributed by atoms with Crippen molar-refractivity contribution < 1.29 is 19.1 Å². The number of carbonyl (C=O) groups is 2. The van der Waals surface area contributed by atoms with Crippen molar-refractivity contribution in [3.05, 3.63) is 58.6 Å². The summed E-state index contributed by atoms with van der Waals surface area (Å²) in [5.41, 5.74) is 0.386. The van der Waals surface area contributed by atoms with Gasteiger partial charge in [-0.25, -0.2) is 4.79 Å². The van der Waals surface area contributed by atoms with Gasteiger partial charge in [-0.15, -0.1) is 0 Å². The minimum Gasteiger partial charge on any atom is -0.495 e. The topological polar surface area (TPSA) is 64.6 Å². The lowest BCUT2D eigenvalue weighted by molar-refractivity contribution is -0.134. The Morgan fingerprint density at radius 3 is 2.79 bits per heavy atom. The third-order valence-electron chi connectivity index (χ3n) is 3.97. The number of carbonyl (C=O) groups excluding carboxylic acids is 2. The van der Waals surface area contributed by atoms with Crippen molar-refractivity contribution in [1.29, 1.82) is 0 Å². The molecule has 124 valence electrons. The second-order valence-electron chi connectivity index (χ2n) is 5.75. The van der Waals surface area contributed by atoms with Gasteiger partial charge in [0.15, 0.2) is 5.60 Å². The van der Waals surface area contributed by atoms with E-state index in [2.05, 4.69) is 5.32 Å². The number of nitrogens with one attached hydrogen (secondary N) is 1. The van der Waals surface area contributed by atoms with Crippen molar-refractivity contribution in [2.24, 2.45) is 0 Å². The predicted octanol–water partition coefficient (Wildman–Crippen LogP) is 3.46. The first-order chi connectivity index (χ1) is 11.4. The van der Waals surface area contributed by atoms with Gasteiger partial charge in [-0.2, -0.15) is 0 Å². The standard InChI is InChI=1S/C18H16ClNO4/c1-18(10-11-5-3-4-6-13(11)16(21)24-18)17(22)20-14-9-12(19)7-8-15(14)23-2/h3-9H,10H2,1-2H3,(H,20,22). The fourth-order valence-corrected chi connectivity index (χ4v) is 2.86. The lowest BCUT2D eigenvalue weighted by Gasteiger charge is -2.33. The van der Waals surface area contributed by atoms with Crippen LogP contribution in [0.2, 0.25) is 5.02 Å². The zero-order valence-electron chi connectivity index (χ0n) is 13.3. The lowest BCUT2D eigenvalue weighted by Crippen LogP contribution is -2.48. The molecule has 1 amide bonds. The number of hydrogen-bond donors (Lipinski definition) is 1. The molecule has 1 unspecified atom stereocenters. The van der Waals surface area contributed by atoms with Crippen molar-refractivity contribution in [3.8, 4) is 5.75 Å². The van der Waals surface area contributed by atoms with Gasteiger partial charge >= 0.3 is 5.97 Å². The van der Waals surface area contributed by atoms with Gasteiger partial charge < -0.3 is 14.8 Å². The fourth-order valence-electron chi connectivity index (χ4n) is 2.69. The summed E-state index contributed by atoms with van der Waals surface area (Å²) >= 11 is 5.98. The molecule has 3 rings (SSSR count). The summed E-state index contributed by atoms with van der Waals surface area (Å²) in [6.07, 6.45) is 0.295. The summed E-state index contributed by atoms with van der Waals surface area (Å²) in [7, 11) is 1.50. The molecule has 1 aliphatic rings. The molecule has 1 heterocycles. The summed E-state index contributed by atoms with van der Waals surface area (Å²) in [5, 5.41) is 3.20. The molecule has 0 bridgehead atoms. The van der Waals surface area contributed by atoms with Crippen LogP contribution in [-0.2, 0) is 16.0 Å². The number of halogens is 1. The number of rotatable bonds is 3. The SMILES string of the molecule is COc1ccc(Cl)cc1NC(=O)C1(C)Cc2ccccc2C(=O)O1. The van der Waals surface area contributed by atoms with Gasteiger partial charge in [0, 0.05) is 11.4 Å². The van der Waals surface area contributed by atoms with E-state index in [4.69, 9.17) is 21.1 Å².